The van der Waals surface area contributed by atoms with Gasteiger partial charge in [0.1, 0.15) is 12.4 Å². The van der Waals surface area contributed by atoms with E-state index in [1.165, 1.54) is 0 Å². The van der Waals surface area contributed by atoms with Gasteiger partial charge in [0.2, 0.25) is 5.91 Å². The number of nitrogens with zero attached hydrogens (tertiary/aromatic N) is 2. The summed E-state index contributed by atoms with van der Waals surface area (Å²) in [5.74, 6) is -0.302. The van der Waals surface area contributed by atoms with Crippen LogP contribution in [0.15, 0.2) is 44.1 Å². The van der Waals surface area contributed by atoms with E-state index in [4.69, 9.17) is 13.6 Å². The van der Waals surface area contributed by atoms with Crippen LogP contribution in [0.3, 0.4) is 0 Å². The molecule has 0 fully saturated rings. The maximum Gasteiger partial charge on any atom is 0.519 e. The molecule has 2 aliphatic rings. The molecule has 2 aromatic heterocycles. The number of unbranched alkanes of at least 4 members (excludes halogenated alkanes) is 2. The van der Waals surface area contributed by atoms with E-state index in [1.807, 2.05) is 17.0 Å². The van der Waals surface area contributed by atoms with Crippen molar-refractivity contribution in [2.45, 2.75) is 31.6 Å². The monoisotopic (exact) mass is 366 g/mol. The van der Waals surface area contributed by atoms with Crippen molar-refractivity contribution < 1.29 is 18.4 Å². The number of amides is 1. The summed E-state index contributed by atoms with van der Waals surface area (Å²) in [6.07, 6.45) is 4.75. The van der Waals surface area contributed by atoms with Gasteiger partial charge in [0.25, 0.3) is 0 Å². The van der Waals surface area contributed by atoms with Crippen LogP contribution in [0.1, 0.15) is 37.4 Å². The molecular formula is C20H18N2O5. The summed E-state index contributed by atoms with van der Waals surface area (Å²) >= 11 is 0. The Morgan fingerprint density at radius 1 is 1.19 bits per heavy atom. The van der Waals surface area contributed by atoms with E-state index in [9.17, 15) is 9.59 Å². The van der Waals surface area contributed by atoms with Crippen LogP contribution in [0.2, 0.25) is 0 Å². The number of carbonyl (C=O) groups is 1. The Kier molecular flexibility index (Phi) is 3.40. The molecule has 2 aliphatic heterocycles. The second-order valence-corrected chi connectivity index (χ2v) is 6.98. The third-order valence-corrected chi connectivity index (χ3v) is 5.41. The number of carbonyl (C=O) groups excluding carboxylic acids is 1. The first-order chi connectivity index (χ1) is 13.1. The summed E-state index contributed by atoms with van der Waals surface area (Å²) in [5, 5.41) is 0. The first-order valence-electron chi connectivity index (χ1n) is 9.13. The second-order valence-electron chi connectivity index (χ2n) is 6.98. The quantitative estimate of drug-likeness (QED) is 0.660. The molecule has 0 bridgehead atoms. The SMILES string of the molecule is CCCCCN1C(=O)C2(COc3cc4oc(=O)oc4cc32)c2ncccc21. The van der Waals surface area contributed by atoms with Crippen LogP contribution in [0.4, 0.5) is 5.69 Å². The van der Waals surface area contributed by atoms with E-state index in [1.54, 1.807) is 18.3 Å². The number of aromatic nitrogens is 1. The van der Waals surface area contributed by atoms with E-state index < -0.39 is 11.2 Å². The number of ether oxygens (including phenoxy) is 1. The van der Waals surface area contributed by atoms with Crippen molar-refractivity contribution in [3.63, 3.8) is 0 Å². The fraction of sp³-hybridized carbons (Fsp3) is 0.350. The van der Waals surface area contributed by atoms with Crippen molar-refractivity contribution in [3.8, 4) is 5.75 Å². The normalized spacial score (nSPS) is 20.3. The molecular weight excluding hydrogens is 348 g/mol. The summed E-state index contributed by atoms with van der Waals surface area (Å²) < 4.78 is 16.0. The minimum atomic E-state index is -1.01. The van der Waals surface area contributed by atoms with Crippen molar-refractivity contribution in [3.05, 3.63) is 52.3 Å². The largest absolute Gasteiger partial charge is 0.519 e. The lowest BCUT2D eigenvalue weighted by molar-refractivity contribution is -0.122. The van der Waals surface area contributed by atoms with Crippen LogP contribution in [-0.2, 0) is 10.2 Å². The highest BCUT2D eigenvalue weighted by molar-refractivity contribution is 6.11. The Labute approximate surface area is 154 Å². The average Bonchev–Trinajstić information content (AvgIpc) is 3.29. The zero-order chi connectivity index (χ0) is 18.6. The van der Waals surface area contributed by atoms with E-state index >= 15 is 0 Å². The lowest BCUT2D eigenvalue weighted by atomic mass is 9.80. The van der Waals surface area contributed by atoms with Gasteiger partial charge >= 0.3 is 5.82 Å². The molecule has 0 N–H and O–H groups in total. The molecule has 1 aromatic carbocycles. The smallest absolute Gasteiger partial charge is 0.491 e. The summed E-state index contributed by atoms with van der Waals surface area (Å²) in [6, 6.07) is 7.05. The van der Waals surface area contributed by atoms with Gasteiger partial charge in [0.15, 0.2) is 16.6 Å². The predicted molar refractivity (Wildman–Crippen MR) is 97.1 cm³/mol. The van der Waals surface area contributed by atoms with Crippen LogP contribution >= 0.6 is 0 Å². The van der Waals surface area contributed by atoms with Gasteiger partial charge in [-0.1, -0.05) is 19.8 Å². The molecule has 1 amide bonds. The zero-order valence-corrected chi connectivity index (χ0v) is 14.9. The maximum absolute atomic E-state index is 13.6. The number of hydrogen-bond donors (Lipinski definition) is 0. The van der Waals surface area contributed by atoms with Crippen LogP contribution in [0.5, 0.6) is 5.75 Å². The average molecular weight is 366 g/mol. The van der Waals surface area contributed by atoms with Gasteiger partial charge in [0, 0.05) is 24.4 Å². The molecule has 7 nitrogen and oxygen atoms in total. The molecule has 0 saturated heterocycles. The number of benzene rings is 1. The third kappa shape index (κ3) is 2.11. The first kappa shape index (κ1) is 16.1. The first-order valence-corrected chi connectivity index (χ1v) is 9.13. The summed E-state index contributed by atoms with van der Waals surface area (Å²) in [4.78, 5) is 31.4. The van der Waals surface area contributed by atoms with E-state index in [-0.39, 0.29) is 12.5 Å². The lowest BCUT2D eigenvalue weighted by Crippen LogP contribution is -2.43. The summed E-state index contributed by atoms with van der Waals surface area (Å²) in [7, 11) is 0. The highest BCUT2D eigenvalue weighted by atomic mass is 16.6. The molecule has 4 heterocycles. The Bertz CT molecular complexity index is 1120. The zero-order valence-electron chi connectivity index (χ0n) is 14.9. The van der Waals surface area contributed by atoms with E-state index in [0.29, 0.717) is 34.7 Å². The Morgan fingerprint density at radius 3 is 2.81 bits per heavy atom. The molecule has 1 unspecified atom stereocenters. The molecule has 3 aromatic rings. The van der Waals surface area contributed by atoms with Gasteiger partial charge in [-0.15, -0.1) is 0 Å². The van der Waals surface area contributed by atoms with Crippen LogP contribution < -0.4 is 15.5 Å². The van der Waals surface area contributed by atoms with Crippen molar-refractivity contribution in [1.82, 2.24) is 4.98 Å². The Balaban J connectivity index is 1.68. The molecule has 5 rings (SSSR count). The molecule has 7 heteroatoms. The predicted octanol–water partition coefficient (Wildman–Crippen LogP) is 3.00. The Morgan fingerprint density at radius 2 is 2.00 bits per heavy atom. The van der Waals surface area contributed by atoms with Crippen LogP contribution in [0.25, 0.3) is 11.2 Å². The summed E-state index contributed by atoms with van der Waals surface area (Å²) in [5.41, 5.74) is 1.78. The fourth-order valence-corrected chi connectivity index (χ4v) is 4.12. The van der Waals surface area contributed by atoms with Gasteiger partial charge in [-0.25, -0.2) is 4.79 Å². The standard InChI is InChI=1S/C20H18N2O5/c1-2-3-4-8-22-13-6-5-7-21-17(13)20(18(22)23)11-25-14-10-16-15(9-12(14)20)26-19(24)27-16/h5-7,9-10H,2-4,8,11H2,1H3. The van der Waals surface area contributed by atoms with Gasteiger partial charge in [0.05, 0.1) is 11.4 Å². The number of anilines is 1. The van der Waals surface area contributed by atoms with Crippen LogP contribution in [0, 0.1) is 0 Å². The van der Waals surface area contributed by atoms with Crippen LogP contribution in [-0.4, -0.2) is 24.0 Å². The molecule has 1 spiro atoms. The number of fused-ring (bicyclic) bond motifs is 5. The summed E-state index contributed by atoms with van der Waals surface area (Å²) in [6.45, 7) is 2.95. The topological polar surface area (TPSA) is 85.8 Å². The molecule has 27 heavy (non-hydrogen) atoms. The molecule has 138 valence electrons. The number of rotatable bonds is 4. The number of pyridine rings is 1. The van der Waals surface area contributed by atoms with Gasteiger partial charge in [-0.3, -0.25) is 9.78 Å². The fourth-order valence-electron chi connectivity index (χ4n) is 4.12. The van der Waals surface area contributed by atoms with Crippen molar-refractivity contribution in [1.29, 1.82) is 0 Å². The number of hydrogen-bond acceptors (Lipinski definition) is 6. The Hall–Kier alpha value is -3.09. The minimum absolute atomic E-state index is 0.0451. The van der Waals surface area contributed by atoms with Crippen molar-refractivity contribution in [2.24, 2.45) is 0 Å². The van der Waals surface area contributed by atoms with E-state index in [2.05, 4.69) is 11.9 Å². The van der Waals surface area contributed by atoms with Gasteiger partial charge in [-0.05, 0) is 24.6 Å². The molecule has 0 aliphatic carbocycles. The highest BCUT2D eigenvalue weighted by Gasteiger charge is 2.58. The molecule has 1 atom stereocenters. The lowest BCUT2D eigenvalue weighted by Gasteiger charge is -2.22. The maximum atomic E-state index is 13.6. The van der Waals surface area contributed by atoms with Crippen molar-refractivity contribution >= 4 is 22.8 Å². The highest BCUT2D eigenvalue weighted by Crippen LogP contribution is 2.52. The minimum Gasteiger partial charge on any atom is -0.491 e. The third-order valence-electron chi connectivity index (χ3n) is 5.41. The van der Waals surface area contributed by atoms with Crippen molar-refractivity contribution in [2.75, 3.05) is 18.1 Å². The van der Waals surface area contributed by atoms with Gasteiger partial charge in [-0.2, -0.15) is 0 Å². The van der Waals surface area contributed by atoms with E-state index in [0.717, 1.165) is 24.9 Å². The van der Waals surface area contributed by atoms with Gasteiger partial charge < -0.3 is 18.5 Å². The molecule has 0 saturated carbocycles. The molecule has 0 radical (unpaired) electrons. The second kappa shape index (κ2) is 5.70.